The summed E-state index contributed by atoms with van der Waals surface area (Å²) in [6, 6.07) is 5.53. The van der Waals surface area contributed by atoms with Gasteiger partial charge in [-0.2, -0.15) is 0 Å². The quantitative estimate of drug-likeness (QED) is 0.368. The number of nitrogens with zero attached hydrogens (tertiary/aromatic N) is 2. The highest BCUT2D eigenvalue weighted by molar-refractivity contribution is 6.34. The number of oxime groups is 1. The Morgan fingerprint density at radius 2 is 2.18 bits per heavy atom. The average Bonchev–Trinajstić information content (AvgIpc) is 2.34. The number of hydrogen-bond acceptors (Lipinski definition) is 3. The lowest BCUT2D eigenvalue weighted by Crippen LogP contribution is -2.27. The van der Waals surface area contributed by atoms with E-state index in [1.54, 1.807) is 6.07 Å². The van der Waals surface area contributed by atoms with Gasteiger partial charge >= 0.3 is 0 Å². The highest BCUT2D eigenvalue weighted by Gasteiger charge is 2.15. The Morgan fingerprint density at radius 1 is 1.47 bits per heavy atom. The minimum atomic E-state index is 0.0418. The van der Waals surface area contributed by atoms with Crippen LogP contribution in [0.15, 0.2) is 23.4 Å². The maximum atomic E-state index is 8.81. The summed E-state index contributed by atoms with van der Waals surface area (Å²) in [6.07, 6.45) is 1.02. The van der Waals surface area contributed by atoms with Crippen LogP contribution in [0.1, 0.15) is 25.8 Å². The number of halogens is 1. The number of anilines is 1. The number of nitrogens with two attached hydrogens (primary N) is 1. The van der Waals surface area contributed by atoms with Crippen molar-refractivity contribution in [1.29, 1.82) is 0 Å². The molecule has 94 valence electrons. The van der Waals surface area contributed by atoms with Gasteiger partial charge in [-0.1, -0.05) is 29.7 Å². The predicted molar refractivity (Wildman–Crippen MR) is 72.1 cm³/mol. The molecule has 5 heteroatoms. The van der Waals surface area contributed by atoms with Gasteiger partial charge in [-0.15, -0.1) is 0 Å². The molecule has 0 heterocycles. The smallest absolute Gasteiger partial charge is 0.173 e. The van der Waals surface area contributed by atoms with E-state index >= 15 is 0 Å². The van der Waals surface area contributed by atoms with Crippen LogP contribution in [0.2, 0.25) is 5.02 Å². The summed E-state index contributed by atoms with van der Waals surface area (Å²) in [6.45, 7) is 5.92. The first kappa shape index (κ1) is 13.6. The molecule has 0 aliphatic heterocycles. The summed E-state index contributed by atoms with van der Waals surface area (Å²) < 4.78 is 0. The third-order valence-corrected chi connectivity index (χ3v) is 2.89. The molecule has 0 bridgehead atoms. The topological polar surface area (TPSA) is 61.8 Å². The SMILES string of the molecule is CCCN(CC)c1cccc(Cl)c1C(N)=NO. The van der Waals surface area contributed by atoms with E-state index in [4.69, 9.17) is 22.5 Å². The molecule has 1 rings (SSSR count). The zero-order valence-electron chi connectivity index (χ0n) is 10.2. The number of rotatable bonds is 5. The molecule has 0 aromatic heterocycles. The maximum Gasteiger partial charge on any atom is 0.173 e. The van der Waals surface area contributed by atoms with Gasteiger partial charge in [-0.3, -0.25) is 0 Å². The molecule has 0 aliphatic rings. The molecule has 17 heavy (non-hydrogen) atoms. The van der Waals surface area contributed by atoms with Crippen molar-refractivity contribution in [3.05, 3.63) is 28.8 Å². The van der Waals surface area contributed by atoms with Gasteiger partial charge in [0.25, 0.3) is 0 Å². The summed E-state index contributed by atoms with van der Waals surface area (Å²) in [5, 5.41) is 12.3. The van der Waals surface area contributed by atoms with Crippen LogP contribution in [0.3, 0.4) is 0 Å². The second-order valence-corrected chi connectivity index (χ2v) is 4.11. The molecule has 0 spiro atoms. The number of benzene rings is 1. The van der Waals surface area contributed by atoms with Crippen LogP contribution >= 0.6 is 11.6 Å². The molecule has 0 unspecified atom stereocenters. The van der Waals surface area contributed by atoms with E-state index in [9.17, 15) is 0 Å². The third-order valence-electron chi connectivity index (χ3n) is 2.57. The lowest BCUT2D eigenvalue weighted by atomic mass is 10.1. The van der Waals surface area contributed by atoms with Crippen LogP contribution in [0, 0.1) is 0 Å². The van der Waals surface area contributed by atoms with Crippen molar-refractivity contribution in [3.63, 3.8) is 0 Å². The average molecular weight is 256 g/mol. The second kappa shape index (κ2) is 6.35. The van der Waals surface area contributed by atoms with E-state index in [0.29, 0.717) is 10.6 Å². The molecule has 1 aromatic carbocycles. The van der Waals surface area contributed by atoms with Crippen molar-refractivity contribution in [2.75, 3.05) is 18.0 Å². The Balaban J connectivity index is 3.27. The molecule has 4 nitrogen and oxygen atoms in total. The van der Waals surface area contributed by atoms with Crippen LogP contribution < -0.4 is 10.6 Å². The van der Waals surface area contributed by atoms with Crippen molar-refractivity contribution in [2.24, 2.45) is 10.9 Å². The van der Waals surface area contributed by atoms with Crippen molar-refractivity contribution in [2.45, 2.75) is 20.3 Å². The monoisotopic (exact) mass is 255 g/mol. The van der Waals surface area contributed by atoms with Gasteiger partial charge in [0.1, 0.15) is 0 Å². The standard InChI is InChI=1S/C12H18ClN3O/c1-3-8-16(4-2)10-7-5-6-9(13)11(10)12(14)15-17/h5-7,17H,3-4,8H2,1-2H3,(H2,14,15). The molecule has 0 fully saturated rings. The van der Waals surface area contributed by atoms with Gasteiger partial charge < -0.3 is 15.8 Å². The number of amidine groups is 1. The Hall–Kier alpha value is -1.42. The molecule has 0 radical (unpaired) electrons. The summed E-state index contributed by atoms with van der Waals surface area (Å²) >= 11 is 6.11. The van der Waals surface area contributed by atoms with Crippen LogP contribution in [-0.2, 0) is 0 Å². The van der Waals surface area contributed by atoms with Crippen molar-refractivity contribution < 1.29 is 5.21 Å². The first-order chi connectivity index (χ1) is 8.15. The minimum Gasteiger partial charge on any atom is -0.409 e. The van der Waals surface area contributed by atoms with Crippen molar-refractivity contribution in [3.8, 4) is 0 Å². The van der Waals surface area contributed by atoms with Crippen LogP contribution in [0.4, 0.5) is 5.69 Å². The van der Waals surface area contributed by atoms with Gasteiger partial charge in [-0.05, 0) is 25.5 Å². The number of hydrogen-bond donors (Lipinski definition) is 2. The zero-order valence-corrected chi connectivity index (χ0v) is 10.9. The fraction of sp³-hybridized carbons (Fsp3) is 0.417. The fourth-order valence-electron chi connectivity index (χ4n) is 1.80. The van der Waals surface area contributed by atoms with E-state index < -0.39 is 0 Å². The predicted octanol–water partition coefficient (Wildman–Crippen LogP) is 2.67. The van der Waals surface area contributed by atoms with E-state index in [1.807, 2.05) is 12.1 Å². The lowest BCUT2D eigenvalue weighted by molar-refractivity contribution is 0.318. The molecule has 0 saturated carbocycles. The molecule has 0 amide bonds. The Labute approximate surface area is 107 Å². The highest BCUT2D eigenvalue weighted by atomic mass is 35.5. The molecule has 3 N–H and O–H groups in total. The molecular weight excluding hydrogens is 238 g/mol. The van der Waals surface area contributed by atoms with Crippen LogP contribution in [0.25, 0.3) is 0 Å². The Morgan fingerprint density at radius 3 is 2.71 bits per heavy atom. The summed E-state index contributed by atoms with van der Waals surface area (Å²) in [7, 11) is 0. The van der Waals surface area contributed by atoms with Gasteiger partial charge in [0, 0.05) is 18.8 Å². The third kappa shape index (κ3) is 3.03. The lowest BCUT2D eigenvalue weighted by Gasteiger charge is -2.25. The van der Waals surface area contributed by atoms with Gasteiger partial charge in [-0.25, -0.2) is 0 Å². The van der Waals surface area contributed by atoms with Crippen molar-refractivity contribution >= 4 is 23.1 Å². The first-order valence-corrected chi connectivity index (χ1v) is 6.04. The Bertz CT molecular complexity index is 407. The zero-order chi connectivity index (χ0) is 12.8. The van der Waals surface area contributed by atoms with Gasteiger partial charge in [0.05, 0.1) is 10.6 Å². The molecular formula is C12H18ClN3O. The fourth-order valence-corrected chi connectivity index (χ4v) is 2.07. The van der Waals surface area contributed by atoms with E-state index in [2.05, 4.69) is 23.9 Å². The summed E-state index contributed by atoms with van der Waals surface area (Å²) in [5.41, 5.74) is 7.16. The molecule has 0 atom stereocenters. The van der Waals surface area contributed by atoms with E-state index in [1.165, 1.54) is 0 Å². The summed E-state index contributed by atoms with van der Waals surface area (Å²) in [5.74, 6) is 0.0418. The van der Waals surface area contributed by atoms with Gasteiger partial charge in [0.15, 0.2) is 5.84 Å². The highest BCUT2D eigenvalue weighted by Crippen LogP contribution is 2.27. The largest absolute Gasteiger partial charge is 0.409 e. The normalized spacial score (nSPS) is 11.6. The van der Waals surface area contributed by atoms with Crippen LogP contribution in [-0.4, -0.2) is 24.1 Å². The second-order valence-electron chi connectivity index (χ2n) is 3.70. The van der Waals surface area contributed by atoms with Crippen LogP contribution in [0.5, 0.6) is 0 Å². The summed E-state index contributed by atoms with van der Waals surface area (Å²) in [4.78, 5) is 2.15. The molecule has 0 aliphatic carbocycles. The maximum absolute atomic E-state index is 8.81. The van der Waals surface area contributed by atoms with Gasteiger partial charge in [0.2, 0.25) is 0 Å². The molecule has 0 saturated heterocycles. The van der Waals surface area contributed by atoms with E-state index in [-0.39, 0.29) is 5.84 Å². The molecule has 1 aromatic rings. The minimum absolute atomic E-state index is 0.0418. The van der Waals surface area contributed by atoms with E-state index in [0.717, 1.165) is 25.2 Å². The Kier molecular flexibility index (Phi) is 5.10. The van der Waals surface area contributed by atoms with Crippen molar-refractivity contribution in [1.82, 2.24) is 0 Å². The first-order valence-electron chi connectivity index (χ1n) is 5.67.